The van der Waals surface area contributed by atoms with Gasteiger partial charge in [-0.25, -0.2) is 0 Å². The minimum atomic E-state index is 0.431. The Morgan fingerprint density at radius 2 is 1.58 bits per heavy atom. The highest BCUT2D eigenvalue weighted by atomic mass is 16.5. The zero-order valence-electron chi connectivity index (χ0n) is 18.0. The van der Waals surface area contributed by atoms with E-state index in [1.807, 2.05) is 0 Å². The second-order valence-corrected chi connectivity index (χ2v) is 10.1. The lowest BCUT2D eigenvalue weighted by atomic mass is 9.23. The molecule has 0 amide bonds. The Kier molecular flexibility index (Phi) is 3.76. The summed E-state index contributed by atoms with van der Waals surface area (Å²) in [5, 5.41) is 0. The Labute approximate surface area is 184 Å². The molecule has 2 saturated carbocycles. The Morgan fingerprint density at radius 1 is 0.806 bits per heavy atom. The SMILES string of the molecule is c1ccc(COc2ccc3c(c2)C24CCCCC2C2N(Cc5ccccc5)CC324)cc1. The number of ether oxygens (including phenoxy) is 1. The van der Waals surface area contributed by atoms with E-state index in [-0.39, 0.29) is 0 Å². The summed E-state index contributed by atoms with van der Waals surface area (Å²) in [7, 11) is 0. The van der Waals surface area contributed by atoms with Crippen molar-refractivity contribution in [2.45, 2.75) is 55.7 Å². The smallest absolute Gasteiger partial charge is 0.120 e. The average molecular weight is 408 g/mol. The fraction of sp³-hybridized carbons (Fsp3) is 0.379. The molecule has 3 aromatic rings. The van der Waals surface area contributed by atoms with Crippen LogP contribution >= 0.6 is 0 Å². The highest BCUT2D eigenvalue weighted by molar-refractivity contribution is 5.67. The number of nitrogens with zero attached hydrogens (tertiary/aromatic N) is 1. The van der Waals surface area contributed by atoms with Gasteiger partial charge in [0.1, 0.15) is 12.4 Å². The lowest BCUT2D eigenvalue weighted by Crippen LogP contribution is -2.93. The zero-order valence-corrected chi connectivity index (χ0v) is 18.0. The van der Waals surface area contributed by atoms with Gasteiger partial charge in [-0.3, -0.25) is 4.90 Å². The maximum Gasteiger partial charge on any atom is 0.120 e. The van der Waals surface area contributed by atoms with Crippen LogP contribution in [-0.4, -0.2) is 17.5 Å². The normalized spacial score (nSPS) is 32.3. The first-order chi connectivity index (χ1) is 15.3. The van der Waals surface area contributed by atoms with Crippen LogP contribution in [0.25, 0.3) is 0 Å². The van der Waals surface area contributed by atoms with Gasteiger partial charge in [-0.2, -0.15) is 0 Å². The highest BCUT2D eigenvalue weighted by Crippen LogP contribution is 2.80. The summed E-state index contributed by atoms with van der Waals surface area (Å²) in [4.78, 5) is 2.77. The molecular formula is C29H29NO. The molecule has 1 saturated heterocycles. The van der Waals surface area contributed by atoms with E-state index in [0.29, 0.717) is 17.4 Å². The van der Waals surface area contributed by atoms with E-state index in [0.717, 1.165) is 24.3 Å². The van der Waals surface area contributed by atoms with Gasteiger partial charge < -0.3 is 4.74 Å². The summed E-state index contributed by atoms with van der Waals surface area (Å²) in [5.41, 5.74) is 6.81. The molecule has 3 fully saturated rings. The zero-order chi connectivity index (χ0) is 20.5. The van der Waals surface area contributed by atoms with Gasteiger partial charge in [0.2, 0.25) is 0 Å². The standard InChI is InChI=1S/C29H29NO/c1-3-9-21(10-4-1)18-30-20-29-24-15-14-23(31-19-22-11-5-2-6-12-22)17-26(24)28(29)16-8-7-13-25(28)27(29)30/h1-6,9-12,14-15,17,25,27H,7-8,13,16,18-20H2. The maximum absolute atomic E-state index is 6.21. The average Bonchev–Trinajstić information content (AvgIpc) is 2.81. The second kappa shape index (κ2) is 6.46. The topological polar surface area (TPSA) is 12.5 Å². The molecule has 0 bridgehead atoms. The van der Waals surface area contributed by atoms with Crippen molar-refractivity contribution >= 4 is 0 Å². The van der Waals surface area contributed by atoms with Crippen molar-refractivity contribution in [1.82, 2.24) is 4.90 Å². The molecule has 7 rings (SSSR count). The molecule has 4 aliphatic rings. The molecule has 1 aliphatic heterocycles. The van der Waals surface area contributed by atoms with E-state index < -0.39 is 0 Å². The largest absolute Gasteiger partial charge is 0.489 e. The van der Waals surface area contributed by atoms with Crippen LogP contribution in [0.3, 0.4) is 0 Å². The summed E-state index contributed by atoms with van der Waals surface area (Å²) in [6, 6.07) is 29.3. The van der Waals surface area contributed by atoms with Gasteiger partial charge in [0.25, 0.3) is 0 Å². The van der Waals surface area contributed by atoms with E-state index in [9.17, 15) is 0 Å². The first kappa shape index (κ1) is 18.0. The van der Waals surface area contributed by atoms with E-state index in [1.165, 1.54) is 43.4 Å². The summed E-state index contributed by atoms with van der Waals surface area (Å²) in [6.45, 7) is 2.99. The fourth-order valence-corrected chi connectivity index (χ4v) is 7.88. The Hall–Kier alpha value is -2.58. The van der Waals surface area contributed by atoms with E-state index >= 15 is 0 Å². The van der Waals surface area contributed by atoms with Gasteiger partial charge in [-0.15, -0.1) is 0 Å². The molecule has 4 atom stereocenters. The van der Waals surface area contributed by atoms with Gasteiger partial charge in [0, 0.05) is 30.0 Å². The lowest BCUT2D eigenvalue weighted by Gasteiger charge is -2.86. The number of fused-ring (bicyclic) bond motifs is 2. The van der Waals surface area contributed by atoms with Crippen LogP contribution in [0.4, 0.5) is 0 Å². The molecule has 0 radical (unpaired) electrons. The number of hydrogen-bond donors (Lipinski definition) is 0. The molecule has 0 aromatic heterocycles. The Bertz CT molecular complexity index is 1130. The van der Waals surface area contributed by atoms with Crippen molar-refractivity contribution in [3.8, 4) is 5.75 Å². The first-order valence-corrected chi connectivity index (χ1v) is 11.9. The minimum Gasteiger partial charge on any atom is -0.489 e. The minimum absolute atomic E-state index is 0.431. The number of rotatable bonds is 5. The van der Waals surface area contributed by atoms with E-state index in [1.54, 1.807) is 11.1 Å². The van der Waals surface area contributed by atoms with E-state index in [2.05, 4.69) is 83.8 Å². The van der Waals surface area contributed by atoms with Gasteiger partial charge in [-0.1, -0.05) is 79.6 Å². The summed E-state index contributed by atoms with van der Waals surface area (Å²) in [5.74, 6) is 1.87. The number of piperidine rings is 1. The Balaban J connectivity index is 1.17. The van der Waals surface area contributed by atoms with Crippen LogP contribution in [0.15, 0.2) is 78.9 Å². The van der Waals surface area contributed by atoms with Crippen LogP contribution in [0.5, 0.6) is 5.75 Å². The van der Waals surface area contributed by atoms with Crippen molar-refractivity contribution in [1.29, 1.82) is 0 Å². The predicted molar refractivity (Wildman–Crippen MR) is 123 cm³/mol. The number of benzene rings is 3. The maximum atomic E-state index is 6.21. The fourth-order valence-electron chi connectivity index (χ4n) is 7.88. The van der Waals surface area contributed by atoms with Crippen molar-refractivity contribution in [3.05, 3.63) is 101 Å². The highest BCUT2D eigenvalue weighted by Gasteiger charge is 2.84. The van der Waals surface area contributed by atoms with Gasteiger partial charge >= 0.3 is 0 Å². The summed E-state index contributed by atoms with van der Waals surface area (Å²) < 4.78 is 6.21. The van der Waals surface area contributed by atoms with Crippen LogP contribution in [0.1, 0.15) is 47.9 Å². The molecule has 2 heteroatoms. The van der Waals surface area contributed by atoms with Crippen LogP contribution in [-0.2, 0) is 24.0 Å². The molecule has 3 aliphatic carbocycles. The van der Waals surface area contributed by atoms with Crippen molar-refractivity contribution in [2.75, 3.05) is 6.54 Å². The van der Waals surface area contributed by atoms with Crippen LogP contribution in [0.2, 0.25) is 0 Å². The molecule has 2 nitrogen and oxygen atoms in total. The summed E-state index contributed by atoms with van der Waals surface area (Å²) >= 11 is 0. The molecule has 0 N–H and O–H groups in total. The monoisotopic (exact) mass is 407 g/mol. The van der Waals surface area contributed by atoms with Crippen molar-refractivity contribution in [3.63, 3.8) is 0 Å². The number of likely N-dealkylation sites (tertiary alicyclic amines) is 1. The van der Waals surface area contributed by atoms with Gasteiger partial charge in [0.15, 0.2) is 0 Å². The van der Waals surface area contributed by atoms with Gasteiger partial charge in [-0.05, 0) is 53.1 Å². The van der Waals surface area contributed by atoms with Crippen molar-refractivity contribution < 1.29 is 4.74 Å². The third kappa shape index (κ3) is 2.22. The molecule has 1 heterocycles. The quantitative estimate of drug-likeness (QED) is 0.527. The third-order valence-electron chi connectivity index (χ3n) is 8.93. The third-order valence-corrected chi connectivity index (χ3v) is 8.93. The Morgan fingerprint density at radius 3 is 2.39 bits per heavy atom. The van der Waals surface area contributed by atoms with Crippen LogP contribution in [0, 0.1) is 5.92 Å². The predicted octanol–water partition coefficient (Wildman–Crippen LogP) is 5.84. The molecule has 4 unspecified atom stereocenters. The van der Waals surface area contributed by atoms with Crippen LogP contribution < -0.4 is 4.74 Å². The summed E-state index contributed by atoms with van der Waals surface area (Å²) in [6.07, 6.45) is 5.56. The molecule has 3 aromatic carbocycles. The second-order valence-electron chi connectivity index (χ2n) is 10.1. The molecule has 156 valence electrons. The lowest BCUT2D eigenvalue weighted by molar-refractivity contribution is -0.252. The van der Waals surface area contributed by atoms with Crippen molar-refractivity contribution in [2.24, 2.45) is 5.92 Å². The molecular weight excluding hydrogens is 378 g/mol. The first-order valence-electron chi connectivity index (χ1n) is 11.9. The van der Waals surface area contributed by atoms with Gasteiger partial charge in [0.05, 0.1) is 0 Å². The number of hydrogen-bond acceptors (Lipinski definition) is 2. The van der Waals surface area contributed by atoms with E-state index in [4.69, 9.17) is 4.74 Å². The molecule has 2 spiro atoms. The molecule has 31 heavy (non-hydrogen) atoms.